The average Bonchev–Trinajstić information content (AvgIpc) is 2.90. The van der Waals surface area contributed by atoms with E-state index in [2.05, 4.69) is 50.4 Å². The molecule has 3 heteroatoms. The summed E-state index contributed by atoms with van der Waals surface area (Å²) in [6, 6.07) is 10.8. The van der Waals surface area contributed by atoms with Gasteiger partial charge in [0, 0.05) is 12.1 Å². The lowest BCUT2D eigenvalue weighted by molar-refractivity contribution is -0.160. The van der Waals surface area contributed by atoms with Crippen molar-refractivity contribution in [3.63, 3.8) is 0 Å². The topological polar surface area (TPSA) is 38.3 Å². The minimum absolute atomic E-state index is 0.0524. The van der Waals surface area contributed by atoms with Crippen molar-refractivity contribution in [2.45, 2.75) is 72.1 Å². The fraction of sp³-hybridized carbons (Fsp3) is 0.667. The van der Waals surface area contributed by atoms with Gasteiger partial charge in [0.05, 0.1) is 5.92 Å². The van der Waals surface area contributed by atoms with Crippen LogP contribution in [0.2, 0.25) is 0 Å². The Balaban J connectivity index is 2.14. The molecule has 1 aliphatic rings. The van der Waals surface area contributed by atoms with Crippen LogP contribution in [0.1, 0.15) is 66.0 Å². The van der Waals surface area contributed by atoms with Crippen molar-refractivity contribution in [1.82, 2.24) is 5.32 Å². The minimum atomic E-state index is -0.428. The summed E-state index contributed by atoms with van der Waals surface area (Å²) in [4.78, 5) is 12.7. The third-order valence-electron chi connectivity index (χ3n) is 5.01. The van der Waals surface area contributed by atoms with Crippen LogP contribution >= 0.6 is 0 Å². The molecule has 134 valence electrons. The maximum absolute atomic E-state index is 12.7. The predicted molar refractivity (Wildman–Crippen MR) is 98.7 cm³/mol. The molecule has 0 saturated heterocycles. The molecule has 1 saturated carbocycles. The van der Waals surface area contributed by atoms with E-state index in [-0.39, 0.29) is 24.0 Å². The van der Waals surface area contributed by atoms with Crippen LogP contribution in [0.3, 0.4) is 0 Å². The molecule has 0 amide bonds. The van der Waals surface area contributed by atoms with Gasteiger partial charge in [-0.3, -0.25) is 4.79 Å². The first-order valence-corrected chi connectivity index (χ1v) is 9.23. The van der Waals surface area contributed by atoms with Gasteiger partial charge in [0.25, 0.3) is 0 Å². The number of carbonyl (C=O) groups excluding carboxylic acids is 1. The van der Waals surface area contributed by atoms with Gasteiger partial charge in [0.15, 0.2) is 0 Å². The van der Waals surface area contributed by atoms with Crippen LogP contribution in [0.5, 0.6) is 0 Å². The summed E-state index contributed by atoms with van der Waals surface area (Å²) < 4.78 is 5.69. The van der Waals surface area contributed by atoms with Gasteiger partial charge < -0.3 is 10.1 Å². The third-order valence-corrected chi connectivity index (χ3v) is 5.01. The standard InChI is InChI=1S/C21H33NO2/c1-14(2)17-12-13-18(20(23)24-21(4,5)6)19(17)22-15(3)16-10-8-7-9-11-16/h7-11,14-15,17-19,22H,12-13H2,1-6H3/t15-,17-,18-,19-/m0/s1. The Bertz CT molecular complexity index is 533. The van der Waals surface area contributed by atoms with Crippen molar-refractivity contribution in [3.05, 3.63) is 35.9 Å². The summed E-state index contributed by atoms with van der Waals surface area (Å²) in [5, 5.41) is 3.74. The number of rotatable bonds is 5. The van der Waals surface area contributed by atoms with E-state index in [9.17, 15) is 4.79 Å². The van der Waals surface area contributed by atoms with Crippen LogP contribution in [0.4, 0.5) is 0 Å². The molecule has 1 N–H and O–H groups in total. The zero-order valence-electron chi connectivity index (χ0n) is 16.0. The SMILES string of the molecule is CC(C)[C@@H]1CC[C@H](C(=O)OC(C)(C)C)[C@H]1N[C@@H](C)c1ccccc1. The van der Waals surface area contributed by atoms with E-state index < -0.39 is 5.60 Å². The Labute approximate surface area is 147 Å². The van der Waals surface area contributed by atoms with Gasteiger partial charge in [0.1, 0.15) is 5.60 Å². The van der Waals surface area contributed by atoms with Gasteiger partial charge in [-0.15, -0.1) is 0 Å². The van der Waals surface area contributed by atoms with Crippen molar-refractivity contribution < 1.29 is 9.53 Å². The lowest BCUT2D eigenvalue weighted by Crippen LogP contribution is -2.45. The second-order valence-electron chi connectivity index (χ2n) is 8.45. The van der Waals surface area contributed by atoms with Crippen molar-refractivity contribution >= 4 is 5.97 Å². The van der Waals surface area contributed by atoms with Crippen molar-refractivity contribution in [2.24, 2.45) is 17.8 Å². The smallest absolute Gasteiger partial charge is 0.311 e. The number of ether oxygens (including phenoxy) is 1. The Hall–Kier alpha value is -1.35. The summed E-state index contributed by atoms with van der Waals surface area (Å²) in [5.41, 5.74) is 0.831. The number of nitrogens with one attached hydrogen (secondary N) is 1. The lowest BCUT2D eigenvalue weighted by atomic mass is 9.87. The Morgan fingerprint density at radius 3 is 2.29 bits per heavy atom. The molecule has 0 bridgehead atoms. The van der Waals surface area contributed by atoms with E-state index in [4.69, 9.17) is 4.74 Å². The highest BCUT2D eigenvalue weighted by Gasteiger charge is 2.43. The van der Waals surface area contributed by atoms with Crippen LogP contribution in [0.15, 0.2) is 30.3 Å². The summed E-state index contributed by atoms with van der Waals surface area (Å²) in [5.74, 6) is 0.956. The highest BCUT2D eigenvalue weighted by molar-refractivity contribution is 5.74. The van der Waals surface area contributed by atoms with E-state index in [0.717, 1.165) is 12.8 Å². The van der Waals surface area contributed by atoms with Gasteiger partial charge in [-0.25, -0.2) is 0 Å². The van der Waals surface area contributed by atoms with Gasteiger partial charge in [-0.2, -0.15) is 0 Å². The fourth-order valence-corrected chi connectivity index (χ4v) is 3.79. The Morgan fingerprint density at radius 2 is 1.75 bits per heavy atom. The minimum Gasteiger partial charge on any atom is -0.460 e. The second kappa shape index (κ2) is 7.69. The molecule has 0 aromatic heterocycles. The maximum atomic E-state index is 12.7. The second-order valence-corrected chi connectivity index (χ2v) is 8.45. The van der Waals surface area contributed by atoms with Crippen LogP contribution in [-0.2, 0) is 9.53 Å². The van der Waals surface area contributed by atoms with Crippen molar-refractivity contribution in [2.75, 3.05) is 0 Å². The van der Waals surface area contributed by atoms with E-state index in [1.807, 2.05) is 26.8 Å². The van der Waals surface area contributed by atoms with E-state index in [1.54, 1.807) is 0 Å². The Morgan fingerprint density at radius 1 is 1.12 bits per heavy atom. The quantitative estimate of drug-likeness (QED) is 0.793. The fourth-order valence-electron chi connectivity index (χ4n) is 3.79. The van der Waals surface area contributed by atoms with Gasteiger partial charge in [-0.1, -0.05) is 44.2 Å². The van der Waals surface area contributed by atoms with Gasteiger partial charge >= 0.3 is 5.97 Å². The number of carbonyl (C=O) groups is 1. The predicted octanol–water partition coefficient (Wildman–Crippen LogP) is 4.73. The molecule has 1 fully saturated rings. The molecule has 1 aliphatic carbocycles. The van der Waals surface area contributed by atoms with Crippen LogP contribution < -0.4 is 5.32 Å². The maximum Gasteiger partial charge on any atom is 0.311 e. The summed E-state index contributed by atoms with van der Waals surface area (Å²) >= 11 is 0. The molecular weight excluding hydrogens is 298 g/mol. The normalized spacial score (nSPS) is 25.7. The molecule has 1 aromatic carbocycles. The molecule has 3 nitrogen and oxygen atoms in total. The van der Waals surface area contributed by atoms with E-state index in [0.29, 0.717) is 11.8 Å². The van der Waals surface area contributed by atoms with Crippen molar-refractivity contribution in [1.29, 1.82) is 0 Å². The Kier molecular flexibility index (Phi) is 6.08. The molecule has 0 radical (unpaired) electrons. The molecule has 1 aromatic rings. The van der Waals surface area contributed by atoms with E-state index >= 15 is 0 Å². The molecule has 24 heavy (non-hydrogen) atoms. The van der Waals surface area contributed by atoms with Crippen LogP contribution in [-0.4, -0.2) is 17.6 Å². The molecule has 0 unspecified atom stereocenters. The van der Waals surface area contributed by atoms with Crippen LogP contribution in [0.25, 0.3) is 0 Å². The first-order chi connectivity index (χ1) is 11.2. The number of hydrogen-bond acceptors (Lipinski definition) is 3. The molecule has 4 atom stereocenters. The third kappa shape index (κ3) is 4.83. The molecule has 2 rings (SSSR count). The summed E-state index contributed by atoms with van der Waals surface area (Å²) in [6.45, 7) is 12.5. The molecule has 0 heterocycles. The first kappa shape index (κ1) is 19.0. The zero-order valence-corrected chi connectivity index (χ0v) is 16.0. The first-order valence-electron chi connectivity index (χ1n) is 9.23. The number of esters is 1. The average molecular weight is 332 g/mol. The van der Waals surface area contributed by atoms with Gasteiger partial charge in [0.2, 0.25) is 0 Å². The molecular formula is C21H33NO2. The monoisotopic (exact) mass is 331 g/mol. The highest BCUT2D eigenvalue weighted by Crippen LogP contribution is 2.38. The lowest BCUT2D eigenvalue weighted by Gasteiger charge is -2.32. The van der Waals surface area contributed by atoms with Crippen LogP contribution in [0, 0.1) is 17.8 Å². The summed E-state index contributed by atoms with van der Waals surface area (Å²) in [7, 11) is 0. The van der Waals surface area contributed by atoms with E-state index in [1.165, 1.54) is 5.56 Å². The molecule has 0 aliphatic heterocycles. The molecule has 0 spiro atoms. The largest absolute Gasteiger partial charge is 0.460 e. The summed E-state index contributed by atoms with van der Waals surface area (Å²) in [6.07, 6.45) is 2.00. The zero-order chi connectivity index (χ0) is 17.9. The highest BCUT2D eigenvalue weighted by atomic mass is 16.6. The van der Waals surface area contributed by atoms with Gasteiger partial charge in [-0.05, 0) is 57.9 Å². The number of benzene rings is 1. The van der Waals surface area contributed by atoms with Crippen molar-refractivity contribution in [3.8, 4) is 0 Å². The number of hydrogen-bond donors (Lipinski definition) is 1.